The van der Waals surface area contributed by atoms with Gasteiger partial charge in [-0.25, -0.2) is 4.39 Å². The molecule has 1 saturated heterocycles. The van der Waals surface area contributed by atoms with Crippen LogP contribution >= 0.6 is 0 Å². The van der Waals surface area contributed by atoms with Crippen LogP contribution in [0.2, 0.25) is 0 Å². The van der Waals surface area contributed by atoms with E-state index in [4.69, 9.17) is 4.74 Å². The van der Waals surface area contributed by atoms with Gasteiger partial charge in [-0.2, -0.15) is 0 Å². The van der Waals surface area contributed by atoms with E-state index < -0.39 is 5.82 Å². The molecule has 132 valence electrons. The molecule has 26 heavy (non-hydrogen) atoms. The first-order valence-electron chi connectivity index (χ1n) is 8.75. The maximum absolute atomic E-state index is 14.2. The number of hydrogen-bond acceptors (Lipinski definition) is 3. The molecule has 0 atom stereocenters. The van der Waals surface area contributed by atoms with Crippen LogP contribution in [-0.4, -0.2) is 35.5 Å². The number of rotatable bonds is 4. The first-order valence-corrected chi connectivity index (χ1v) is 8.75. The summed E-state index contributed by atoms with van der Waals surface area (Å²) in [4.78, 5) is 18.1. The van der Waals surface area contributed by atoms with Crippen molar-refractivity contribution in [2.75, 3.05) is 19.7 Å². The standard InChI is InChI=1S/C21H19FN2O2/c22-17-10-16(19-5-3-4-15-13-23-7-6-20(15)19)11-18(12-17)26-14-21(25)24-8-1-2-9-24/h3-7,10-13H,1-2,8-9,14H2. The monoisotopic (exact) mass is 350 g/mol. The Hall–Kier alpha value is -2.95. The first kappa shape index (κ1) is 16.5. The van der Waals surface area contributed by atoms with Crippen molar-refractivity contribution in [1.29, 1.82) is 0 Å². The van der Waals surface area contributed by atoms with Crippen LogP contribution in [0.15, 0.2) is 54.9 Å². The van der Waals surface area contributed by atoms with E-state index in [9.17, 15) is 9.18 Å². The molecule has 5 heteroatoms. The molecule has 0 bridgehead atoms. The molecule has 1 fully saturated rings. The van der Waals surface area contributed by atoms with Gasteiger partial charge in [0.1, 0.15) is 11.6 Å². The molecule has 0 saturated carbocycles. The lowest BCUT2D eigenvalue weighted by molar-refractivity contribution is -0.132. The van der Waals surface area contributed by atoms with Crippen molar-refractivity contribution in [1.82, 2.24) is 9.88 Å². The molecule has 0 aliphatic carbocycles. The number of ether oxygens (including phenoxy) is 1. The van der Waals surface area contributed by atoms with Crippen LogP contribution < -0.4 is 4.74 Å². The number of nitrogens with zero attached hydrogens (tertiary/aromatic N) is 2. The summed E-state index contributed by atoms with van der Waals surface area (Å²) in [6, 6.07) is 12.3. The van der Waals surface area contributed by atoms with Crippen LogP contribution in [0.1, 0.15) is 12.8 Å². The average Bonchev–Trinajstić information content (AvgIpc) is 3.20. The van der Waals surface area contributed by atoms with Crippen molar-refractivity contribution < 1.29 is 13.9 Å². The highest BCUT2D eigenvalue weighted by atomic mass is 19.1. The Morgan fingerprint density at radius 1 is 1.15 bits per heavy atom. The van der Waals surface area contributed by atoms with Gasteiger partial charge in [-0.15, -0.1) is 0 Å². The Kier molecular flexibility index (Phi) is 4.52. The van der Waals surface area contributed by atoms with Gasteiger partial charge in [0.2, 0.25) is 0 Å². The number of benzene rings is 2. The molecule has 4 nitrogen and oxygen atoms in total. The zero-order chi connectivity index (χ0) is 17.9. The minimum absolute atomic E-state index is 0.0513. The highest BCUT2D eigenvalue weighted by Crippen LogP contribution is 2.31. The van der Waals surface area contributed by atoms with Crippen LogP contribution in [0.3, 0.4) is 0 Å². The second kappa shape index (κ2) is 7.12. The molecule has 0 spiro atoms. The average molecular weight is 350 g/mol. The first-order chi connectivity index (χ1) is 12.7. The highest BCUT2D eigenvalue weighted by Gasteiger charge is 2.18. The fraction of sp³-hybridized carbons (Fsp3) is 0.238. The van der Waals surface area contributed by atoms with E-state index >= 15 is 0 Å². The lowest BCUT2D eigenvalue weighted by atomic mass is 9.99. The number of amides is 1. The van der Waals surface area contributed by atoms with Gasteiger partial charge < -0.3 is 9.64 Å². The van der Waals surface area contributed by atoms with Crippen LogP contribution in [0.4, 0.5) is 4.39 Å². The number of likely N-dealkylation sites (tertiary alicyclic amines) is 1. The molecule has 1 amide bonds. The molecular weight excluding hydrogens is 331 g/mol. The van der Waals surface area contributed by atoms with Crippen LogP contribution in [0.5, 0.6) is 5.75 Å². The Bertz CT molecular complexity index is 946. The lowest BCUT2D eigenvalue weighted by Crippen LogP contribution is -2.32. The van der Waals surface area contributed by atoms with Crippen molar-refractivity contribution in [3.05, 3.63) is 60.7 Å². The van der Waals surface area contributed by atoms with E-state index in [2.05, 4.69) is 4.98 Å². The van der Waals surface area contributed by atoms with Gasteiger partial charge in [-0.3, -0.25) is 9.78 Å². The quantitative estimate of drug-likeness (QED) is 0.713. The summed E-state index contributed by atoms with van der Waals surface area (Å²) < 4.78 is 19.7. The number of fused-ring (bicyclic) bond motifs is 1. The fourth-order valence-corrected chi connectivity index (χ4v) is 3.38. The lowest BCUT2D eigenvalue weighted by Gasteiger charge is -2.16. The third-order valence-corrected chi connectivity index (χ3v) is 4.68. The molecule has 0 unspecified atom stereocenters. The number of aromatic nitrogens is 1. The van der Waals surface area contributed by atoms with Gasteiger partial charge in [0.15, 0.2) is 6.61 Å². The molecule has 1 aromatic heterocycles. The second-order valence-corrected chi connectivity index (χ2v) is 6.45. The smallest absolute Gasteiger partial charge is 0.260 e. The molecule has 0 radical (unpaired) electrons. The molecule has 4 rings (SSSR count). The topological polar surface area (TPSA) is 42.4 Å². The van der Waals surface area contributed by atoms with Crippen LogP contribution in [-0.2, 0) is 4.79 Å². The summed E-state index contributed by atoms with van der Waals surface area (Å²) in [5.74, 6) is -0.0830. The Morgan fingerprint density at radius 3 is 2.85 bits per heavy atom. The van der Waals surface area contributed by atoms with E-state index in [1.165, 1.54) is 12.1 Å². The maximum atomic E-state index is 14.2. The summed E-state index contributed by atoms with van der Waals surface area (Å²) in [5.41, 5.74) is 1.62. The summed E-state index contributed by atoms with van der Waals surface area (Å²) in [6.45, 7) is 1.49. The Balaban J connectivity index is 1.60. The summed E-state index contributed by atoms with van der Waals surface area (Å²) in [6.07, 6.45) is 5.57. The fourth-order valence-electron chi connectivity index (χ4n) is 3.38. The molecule has 1 aliphatic heterocycles. The number of hydrogen-bond donors (Lipinski definition) is 0. The van der Waals surface area contributed by atoms with Gasteiger partial charge >= 0.3 is 0 Å². The number of halogens is 1. The van der Waals surface area contributed by atoms with Gasteiger partial charge in [0.05, 0.1) is 0 Å². The number of pyridine rings is 1. The third kappa shape index (κ3) is 3.38. The van der Waals surface area contributed by atoms with Gasteiger partial charge in [0, 0.05) is 36.9 Å². The van der Waals surface area contributed by atoms with Crippen LogP contribution in [0.25, 0.3) is 21.9 Å². The van der Waals surface area contributed by atoms with E-state index in [1.54, 1.807) is 23.4 Å². The zero-order valence-electron chi connectivity index (χ0n) is 14.3. The molecule has 2 aromatic carbocycles. The normalized spacial score (nSPS) is 14.0. The molecule has 0 N–H and O–H groups in total. The maximum Gasteiger partial charge on any atom is 0.260 e. The second-order valence-electron chi connectivity index (χ2n) is 6.45. The zero-order valence-corrected chi connectivity index (χ0v) is 14.3. The van der Waals surface area contributed by atoms with Gasteiger partial charge in [-0.05, 0) is 47.6 Å². The third-order valence-electron chi connectivity index (χ3n) is 4.68. The summed E-state index contributed by atoms with van der Waals surface area (Å²) >= 11 is 0. The van der Waals surface area contributed by atoms with E-state index in [1.807, 2.05) is 24.3 Å². The number of carbonyl (C=O) groups excluding carboxylic acids is 1. The van der Waals surface area contributed by atoms with Crippen LogP contribution in [0, 0.1) is 5.82 Å². The van der Waals surface area contributed by atoms with Crippen molar-refractivity contribution in [3.8, 4) is 16.9 Å². The van der Waals surface area contributed by atoms with Crippen molar-refractivity contribution >= 4 is 16.7 Å². The Labute approximate surface area is 151 Å². The van der Waals surface area contributed by atoms with Gasteiger partial charge in [0.25, 0.3) is 5.91 Å². The highest BCUT2D eigenvalue weighted by molar-refractivity contribution is 5.96. The van der Waals surface area contributed by atoms with Crippen molar-refractivity contribution in [2.24, 2.45) is 0 Å². The molecule has 2 heterocycles. The summed E-state index contributed by atoms with van der Waals surface area (Å²) in [5, 5.41) is 1.98. The van der Waals surface area contributed by atoms with E-state index in [0.717, 1.165) is 42.3 Å². The molecule has 1 aliphatic rings. The largest absolute Gasteiger partial charge is 0.484 e. The van der Waals surface area contributed by atoms with Crippen molar-refractivity contribution in [3.63, 3.8) is 0 Å². The SMILES string of the molecule is O=C(COc1cc(F)cc(-c2cccc3cnccc23)c1)N1CCCC1. The molecule has 3 aromatic rings. The van der Waals surface area contributed by atoms with E-state index in [0.29, 0.717) is 11.3 Å². The molecular formula is C21H19FN2O2. The minimum Gasteiger partial charge on any atom is -0.484 e. The predicted octanol–water partition coefficient (Wildman–Crippen LogP) is 4.04. The van der Waals surface area contributed by atoms with Gasteiger partial charge in [-0.1, -0.05) is 18.2 Å². The number of carbonyl (C=O) groups is 1. The van der Waals surface area contributed by atoms with E-state index in [-0.39, 0.29) is 12.5 Å². The predicted molar refractivity (Wildman–Crippen MR) is 98.4 cm³/mol. The Morgan fingerprint density at radius 2 is 2.00 bits per heavy atom. The van der Waals surface area contributed by atoms with Crippen molar-refractivity contribution in [2.45, 2.75) is 12.8 Å². The summed E-state index contributed by atoms with van der Waals surface area (Å²) in [7, 11) is 0. The minimum atomic E-state index is -0.391.